The van der Waals surface area contributed by atoms with Crippen LogP contribution in [0.1, 0.15) is 56.1 Å². The third kappa shape index (κ3) is 4.13. The van der Waals surface area contributed by atoms with E-state index in [4.69, 9.17) is 0 Å². The zero-order valence-electron chi connectivity index (χ0n) is 14.5. The predicted octanol–water partition coefficient (Wildman–Crippen LogP) is 6.90. The molecule has 3 rings (SSSR count). The molecule has 1 aliphatic rings. The lowest BCUT2D eigenvalue weighted by Crippen LogP contribution is -2.12. The summed E-state index contributed by atoms with van der Waals surface area (Å²) in [4.78, 5) is 0. The van der Waals surface area contributed by atoms with Crippen molar-refractivity contribution in [3.05, 3.63) is 71.8 Å². The monoisotopic (exact) mass is 304 g/mol. The van der Waals surface area contributed by atoms with Crippen molar-refractivity contribution in [2.24, 2.45) is 5.92 Å². The molecule has 0 atom stereocenters. The summed E-state index contributed by atoms with van der Waals surface area (Å²) >= 11 is 0. The Kier molecular flexibility index (Phi) is 5.33. The second-order valence-corrected chi connectivity index (χ2v) is 7.01. The Morgan fingerprint density at radius 1 is 0.826 bits per heavy atom. The van der Waals surface area contributed by atoms with E-state index >= 15 is 0 Å². The smallest absolute Gasteiger partial charge is 0.0162 e. The van der Waals surface area contributed by atoms with Crippen LogP contribution in [-0.4, -0.2) is 0 Å². The van der Waals surface area contributed by atoms with Crippen molar-refractivity contribution < 1.29 is 0 Å². The maximum atomic E-state index is 2.35. The van der Waals surface area contributed by atoms with Gasteiger partial charge in [-0.2, -0.15) is 0 Å². The molecule has 0 saturated heterocycles. The normalized spacial score (nSPS) is 21.7. The summed E-state index contributed by atoms with van der Waals surface area (Å²) in [6, 6.07) is 18.1. The number of allylic oxidation sites excluding steroid dienone is 2. The number of hydrogen-bond acceptors (Lipinski definition) is 0. The topological polar surface area (TPSA) is 0 Å². The summed E-state index contributed by atoms with van der Waals surface area (Å²) in [5.41, 5.74) is 5.50. The van der Waals surface area contributed by atoms with Gasteiger partial charge in [0, 0.05) is 0 Å². The first-order valence-corrected chi connectivity index (χ1v) is 9.04. The first kappa shape index (κ1) is 16.1. The second-order valence-electron chi connectivity index (χ2n) is 7.01. The zero-order valence-corrected chi connectivity index (χ0v) is 14.5. The molecule has 2 aromatic rings. The fraction of sp³-hybridized carbons (Fsp3) is 0.391. The highest BCUT2D eigenvalue weighted by atomic mass is 14.3. The van der Waals surface area contributed by atoms with Gasteiger partial charge in [-0.15, -0.1) is 0 Å². The molecular weight excluding hydrogens is 276 g/mol. The van der Waals surface area contributed by atoms with Crippen molar-refractivity contribution in [2.75, 3.05) is 0 Å². The lowest BCUT2D eigenvalue weighted by atomic mass is 9.77. The summed E-state index contributed by atoms with van der Waals surface area (Å²) in [6.07, 6.45) is 11.3. The minimum absolute atomic E-state index is 0.768. The van der Waals surface area contributed by atoms with E-state index in [1.54, 1.807) is 0 Å². The van der Waals surface area contributed by atoms with Crippen LogP contribution in [0.5, 0.6) is 0 Å². The molecule has 1 aliphatic carbocycles. The molecule has 0 heteroatoms. The van der Waals surface area contributed by atoms with E-state index in [2.05, 4.69) is 74.5 Å². The summed E-state index contributed by atoms with van der Waals surface area (Å²) in [5, 5.41) is 0. The van der Waals surface area contributed by atoms with Crippen LogP contribution in [0.4, 0.5) is 0 Å². The van der Waals surface area contributed by atoms with Crippen LogP contribution in [0.15, 0.2) is 60.7 Å². The van der Waals surface area contributed by atoms with Crippen LogP contribution in [0, 0.1) is 12.8 Å². The molecule has 1 fully saturated rings. The maximum absolute atomic E-state index is 2.35. The molecule has 0 amide bonds. The average Bonchev–Trinajstić information content (AvgIpc) is 2.61. The molecule has 0 radical (unpaired) electrons. The zero-order chi connectivity index (χ0) is 16.1. The summed E-state index contributed by atoms with van der Waals surface area (Å²) in [7, 11) is 0. The molecular formula is C23H28. The Morgan fingerprint density at radius 3 is 1.96 bits per heavy atom. The molecule has 0 unspecified atom stereocenters. The van der Waals surface area contributed by atoms with Crippen molar-refractivity contribution in [3.63, 3.8) is 0 Å². The summed E-state index contributed by atoms with van der Waals surface area (Å²) < 4.78 is 0. The minimum Gasteiger partial charge on any atom is -0.0917 e. The molecule has 1 saturated carbocycles. The van der Waals surface area contributed by atoms with Crippen LogP contribution in [-0.2, 0) is 0 Å². The van der Waals surface area contributed by atoms with Gasteiger partial charge in [-0.25, -0.2) is 0 Å². The minimum atomic E-state index is 0.768. The van der Waals surface area contributed by atoms with E-state index in [0.717, 1.165) is 11.8 Å². The standard InChI is InChI=1S/C23H28/c1-3-4-5-19-8-12-21(13-9-19)23-16-14-22(15-17-23)20-10-6-18(2)7-11-20/h3-4,6-7,10-11,14-17,19,21H,5,8-9,12-13H2,1-2H3/b4-3+. The Morgan fingerprint density at radius 2 is 1.39 bits per heavy atom. The van der Waals surface area contributed by atoms with Gasteiger partial charge >= 0.3 is 0 Å². The third-order valence-electron chi connectivity index (χ3n) is 5.32. The van der Waals surface area contributed by atoms with Gasteiger partial charge in [0.05, 0.1) is 0 Å². The highest BCUT2D eigenvalue weighted by Gasteiger charge is 2.21. The molecule has 120 valence electrons. The second kappa shape index (κ2) is 7.64. The van der Waals surface area contributed by atoms with E-state index in [0.29, 0.717) is 0 Å². The van der Waals surface area contributed by atoms with Crippen LogP contribution in [0.25, 0.3) is 11.1 Å². The maximum Gasteiger partial charge on any atom is -0.0162 e. The SMILES string of the molecule is C/C=C/CC1CCC(c2ccc(-c3ccc(C)cc3)cc2)CC1. The Balaban J connectivity index is 1.63. The summed E-state index contributed by atoms with van der Waals surface area (Å²) in [6.45, 7) is 4.26. The molecule has 0 aromatic heterocycles. The van der Waals surface area contributed by atoms with Crippen LogP contribution in [0.3, 0.4) is 0 Å². The van der Waals surface area contributed by atoms with Crippen molar-refractivity contribution in [1.82, 2.24) is 0 Å². The van der Waals surface area contributed by atoms with Crippen molar-refractivity contribution in [3.8, 4) is 11.1 Å². The number of aryl methyl sites for hydroxylation is 1. The van der Waals surface area contributed by atoms with Gasteiger partial charge in [-0.05, 0) is 74.5 Å². The van der Waals surface area contributed by atoms with Gasteiger partial charge in [0.1, 0.15) is 0 Å². The Bertz CT molecular complexity index is 623. The number of hydrogen-bond donors (Lipinski definition) is 0. The van der Waals surface area contributed by atoms with Crippen LogP contribution >= 0.6 is 0 Å². The van der Waals surface area contributed by atoms with E-state index in [-0.39, 0.29) is 0 Å². The molecule has 2 aromatic carbocycles. The third-order valence-corrected chi connectivity index (χ3v) is 5.32. The van der Waals surface area contributed by atoms with Gasteiger partial charge in [0.25, 0.3) is 0 Å². The summed E-state index contributed by atoms with van der Waals surface area (Å²) in [5.74, 6) is 1.68. The number of rotatable bonds is 4. The lowest BCUT2D eigenvalue weighted by molar-refractivity contribution is 0.328. The van der Waals surface area contributed by atoms with Crippen molar-refractivity contribution in [2.45, 2.75) is 51.9 Å². The first-order chi connectivity index (χ1) is 11.3. The van der Waals surface area contributed by atoms with E-state index in [9.17, 15) is 0 Å². The fourth-order valence-corrected chi connectivity index (χ4v) is 3.75. The highest BCUT2D eigenvalue weighted by Crippen LogP contribution is 2.37. The largest absolute Gasteiger partial charge is 0.0917 e. The highest BCUT2D eigenvalue weighted by molar-refractivity contribution is 5.64. The quantitative estimate of drug-likeness (QED) is 0.539. The van der Waals surface area contributed by atoms with Gasteiger partial charge in [0.15, 0.2) is 0 Å². The van der Waals surface area contributed by atoms with Crippen molar-refractivity contribution >= 4 is 0 Å². The Hall–Kier alpha value is -1.82. The van der Waals surface area contributed by atoms with E-state index in [1.165, 1.54) is 54.4 Å². The molecule has 0 N–H and O–H groups in total. The first-order valence-electron chi connectivity index (χ1n) is 9.04. The van der Waals surface area contributed by atoms with E-state index in [1.807, 2.05) is 0 Å². The molecule has 23 heavy (non-hydrogen) atoms. The lowest BCUT2D eigenvalue weighted by Gasteiger charge is -2.28. The van der Waals surface area contributed by atoms with Crippen LogP contribution < -0.4 is 0 Å². The molecule has 0 spiro atoms. The predicted molar refractivity (Wildman–Crippen MR) is 101 cm³/mol. The fourth-order valence-electron chi connectivity index (χ4n) is 3.75. The molecule has 0 heterocycles. The van der Waals surface area contributed by atoms with Crippen molar-refractivity contribution in [1.29, 1.82) is 0 Å². The number of benzene rings is 2. The molecule has 0 nitrogen and oxygen atoms in total. The van der Waals surface area contributed by atoms with Crippen LogP contribution in [0.2, 0.25) is 0 Å². The molecule has 0 bridgehead atoms. The van der Waals surface area contributed by atoms with Gasteiger partial charge in [0.2, 0.25) is 0 Å². The van der Waals surface area contributed by atoms with E-state index < -0.39 is 0 Å². The average molecular weight is 304 g/mol. The Labute approximate surface area is 141 Å². The van der Waals surface area contributed by atoms with Gasteiger partial charge < -0.3 is 0 Å². The van der Waals surface area contributed by atoms with Gasteiger partial charge in [-0.3, -0.25) is 0 Å². The molecule has 0 aliphatic heterocycles. The van der Waals surface area contributed by atoms with Gasteiger partial charge in [-0.1, -0.05) is 66.2 Å².